The number of benzene rings is 2. The van der Waals surface area contributed by atoms with Crippen LogP contribution in [0.1, 0.15) is 32.0 Å². The van der Waals surface area contributed by atoms with Gasteiger partial charge in [0.05, 0.1) is 25.5 Å². The lowest BCUT2D eigenvalue weighted by Crippen LogP contribution is -2.15. The standard InChI is InChI=1S/C24H27NO5S/c1-24(2,3)16-9-11-18(12-10-16)29-14-21(26)30-13-17-15-31-23(25-17)19-7-6-8-20(27-4)22(19)28-5/h6-12,15H,13-14H2,1-5H3. The van der Waals surface area contributed by atoms with Crippen LogP contribution < -0.4 is 14.2 Å². The van der Waals surface area contributed by atoms with E-state index in [0.717, 1.165) is 10.6 Å². The van der Waals surface area contributed by atoms with Gasteiger partial charge < -0.3 is 18.9 Å². The third-order valence-electron chi connectivity index (χ3n) is 4.64. The van der Waals surface area contributed by atoms with Gasteiger partial charge >= 0.3 is 5.97 Å². The smallest absolute Gasteiger partial charge is 0.344 e. The zero-order valence-electron chi connectivity index (χ0n) is 18.4. The number of hydrogen-bond acceptors (Lipinski definition) is 7. The summed E-state index contributed by atoms with van der Waals surface area (Å²) in [5, 5.41) is 2.62. The Balaban J connectivity index is 1.54. The van der Waals surface area contributed by atoms with E-state index in [1.165, 1.54) is 16.9 Å². The van der Waals surface area contributed by atoms with Crippen LogP contribution in [-0.2, 0) is 21.6 Å². The molecule has 0 atom stereocenters. The molecule has 2 aromatic carbocycles. The van der Waals surface area contributed by atoms with E-state index in [2.05, 4.69) is 25.8 Å². The van der Waals surface area contributed by atoms with Crippen LogP contribution in [0.2, 0.25) is 0 Å². The number of para-hydroxylation sites is 1. The predicted molar refractivity (Wildman–Crippen MR) is 121 cm³/mol. The summed E-state index contributed by atoms with van der Waals surface area (Å²) >= 11 is 1.45. The summed E-state index contributed by atoms with van der Waals surface area (Å²) in [5.74, 6) is 1.43. The van der Waals surface area contributed by atoms with Crippen molar-refractivity contribution >= 4 is 17.3 Å². The lowest BCUT2D eigenvalue weighted by Gasteiger charge is -2.19. The molecule has 0 aliphatic heterocycles. The third kappa shape index (κ3) is 5.76. The SMILES string of the molecule is COc1cccc(-c2nc(COC(=O)COc3ccc(C(C)(C)C)cc3)cs2)c1OC. The van der Waals surface area contributed by atoms with Crippen molar-refractivity contribution in [2.75, 3.05) is 20.8 Å². The van der Waals surface area contributed by atoms with Gasteiger partial charge in [-0.2, -0.15) is 0 Å². The van der Waals surface area contributed by atoms with Crippen molar-refractivity contribution in [2.45, 2.75) is 32.8 Å². The molecular weight excluding hydrogens is 414 g/mol. The van der Waals surface area contributed by atoms with Crippen LogP contribution >= 0.6 is 11.3 Å². The van der Waals surface area contributed by atoms with E-state index in [1.807, 2.05) is 47.8 Å². The molecule has 0 bridgehead atoms. The lowest BCUT2D eigenvalue weighted by atomic mass is 9.87. The lowest BCUT2D eigenvalue weighted by molar-refractivity contribution is -0.147. The fourth-order valence-electron chi connectivity index (χ4n) is 2.94. The summed E-state index contributed by atoms with van der Waals surface area (Å²) in [6, 6.07) is 13.4. The second-order valence-corrected chi connectivity index (χ2v) is 8.77. The van der Waals surface area contributed by atoms with Crippen molar-refractivity contribution in [1.82, 2.24) is 4.98 Å². The van der Waals surface area contributed by atoms with E-state index in [-0.39, 0.29) is 18.6 Å². The van der Waals surface area contributed by atoms with Crippen molar-refractivity contribution in [3.63, 3.8) is 0 Å². The minimum absolute atomic E-state index is 0.0682. The molecule has 31 heavy (non-hydrogen) atoms. The number of carbonyl (C=O) groups excluding carboxylic acids is 1. The number of ether oxygens (including phenoxy) is 4. The van der Waals surface area contributed by atoms with Gasteiger partial charge in [0.2, 0.25) is 0 Å². The zero-order valence-corrected chi connectivity index (χ0v) is 19.2. The molecule has 164 valence electrons. The minimum atomic E-state index is -0.451. The van der Waals surface area contributed by atoms with E-state index in [4.69, 9.17) is 18.9 Å². The van der Waals surface area contributed by atoms with Gasteiger partial charge in [-0.3, -0.25) is 0 Å². The Morgan fingerprint density at radius 1 is 1.03 bits per heavy atom. The van der Waals surface area contributed by atoms with Gasteiger partial charge in [0.1, 0.15) is 17.4 Å². The first-order valence-corrected chi connectivity index (χ1v) is 10.7. The number of nitrogens with zero attached hydrogens (tertiary/aromatic N) is 1. The van der Waals surface area contributed by atoms with Crippen LogP contribution in [0.15, 0.2) is 47.8 Å². The molecule has 3 rings (SSSR count). The van der Waals surface area contributed by atoms with Gasteiger partial charge in [-0.1, -0.05) is 39.0 Å². The molecule has 0 saturated heterocycles. The fraction of sp³-hybridized carbons (Fsp3) is 0.333. The van der Waals surface area contributed by atoms with Crippen molar-refractivity contribution in [2.24, 2.45) is 0 Å². The van der Waals surface area contributed by atoms with Crippen LogP contribution in [-0.4, -0.2) is 31.8 Å². The first-order valence-electron chi connectivity index (χ1n) is 9.86. The maximum Gasteiger partial charge on any atom is 0.344 e. The summed E-state index contributed by atoms with van der Waals surface area (Å²) < 4.78 is 21.6. The van der Waals surface area contributed by atoms with E-state index < -0.39 is 5.97 Å². The van der Waals surface area contributed by atoms with Crippen molar-refractivity contribution < 1.29 is 23.7 Å². The predicted octanol–water partition coefficient (Wildman–Crippen LogP) is 5.25. The summed E-state index contributed by atoms with van der Waals surface area (Å²) in [6.45, 7) is 6.36. The Hall–Kier alpha value is -3.06. The highest BCUT2D eigenvalue weighted by atomic mass is 32.1. The Labute approximate surface area is 186 Å². The molecule has 0 fully saturated rings. The first-order chi connectivity index (χ1) is 14.8. The maximum atomic E-state index is 12.1. The third-order valence-corrected chi connectivity index (χ3v) is 5.57. The van der Waals surface area contributed by atoms with Gasteiger partial charge in [-0.15, -0.1) is 11.3 Å². The summed E-state index contributed by atoms with van der Waals surface area (Å²) in [7, 11) is 3.18. The minimum Gasteiger partial charge on any atom is -0.493 e. The molecule has 6 nitrogen and oxygen atoms in total. The number of aromatic nitrogens is 1. The van der Waals surface area contributed by atoms with E-state index in [9.17, 15) is 4.79 Å². The first kappa shape index (κ1) is 22.6. The van der Waals surface area contributed by atoms with Crippen molar-refractivity contribution in [3.05, 3.63) is 59.1 Å². The highest BCUT2D eigenvalue weighted by Crippen LogP contribution is 2.39. The molecule has 0 aliphatic rings. The number of esters is 1. The highest BCUT2D eigenvalue weighted by Gasteiger charge is 2.16. The Bertz CT molecular complexity index is 1020. The van der Waals surface area contributed by atoms with Crippen LogP contribution in [0.25, 0.3) is 10.6 Å². The quantitative estimate of drug-likeness (QED) is 0.445. The Kier molecular flexibility index (Phi) is 7.17. The second kappa shape index (κ2) is 9.83. The average molecular weight is 442 g/mol. The molecule has 1 heterocycles. The molecule has 0 radical (unpaired) electrons. The zero-order chi connectivity index (χ0) is 22.4. The average Bonchev–Trinajstić information content (AvgIpc) is 3.24. The normalized spacial score (nSPS) is 11.1. The molecule has 7 heteroatoms. The largest absolute Gasteiger partial charge is 0.493 e. The molecule has 0 spiro atoms. The molecular formula is C24H27NO5S. The molecule has 3 aromatic rings. The molecule has 0 saturated carbocycles. The summed E-state index contributed by atoms with van der Waals surface area (Å²) in [6.07, 6.45) is 0. The number of rotatable bonds is 8. The van der Waals surface area contributed by atoms with E-state index in [0.29, 0.717) is 22.9 Å². The van der Waals surface area contributed by atoms with Gasteiger partial charge in [0, 0.05) is 5.38 Å². The number of hydrogen-bond donors (Lipinski definition) is 0. The van der Waals surface area contributed by atoms with Gasteiger partial charge in [0.25, 0.3) is 0 Å². The fourth-order valence-corrected chi connectivity index (χ4v) is 3.77. The number of methoxy groups -OCH3 is 2. The van der Waals surface area contributed by atoms with Gasteiger partial charge in [0.15, 0.2) is 18.1 Å². The van der Waals surface area contributed by atoms with Crippen LogP contribution in [0, 0.1) is 0 Å². The summed E-state index contributed by atoms with van der Waals surface area (Å²) in [4.78, 5) is 16.6. The van der Waals surface area contributed by atoms with Crippen LogP contribution in [0.4, 0.5) is 0 Å². The highest BCUT2D eigenvalue weighted by molar-refractivity contribution is 7.13. The van der Waals surface area contributed by atoms with Crippen molar-refractivity contribution in [3.8, 4) is 27.8 Å². The topological polar surface area (TPSA) is 66.9 Å². The molecule has 0 unspecified atom stereocenters. The second-order valence-electron chi connectivity index (χ2n) is 7.91. The summed E-state index contributed by atoms with van der Waals surface area (Å²) in [5.41, 5.74) is 2.76. The number of carbonyl (C=O) groups is 1. The number of thiazole rings is 1. The van der Waals surface area contributed by atoms with Gasteiger partial charge in [-0.05, 0) is 35.2 Å². The Morgan fingerprint density at radius 3 is 2.42 bits per heavy atom. The molecule has 0 amide bonds. The Morgan fingerprint density at radius 2 is 1.77 bits per heavy atom. The monoisotopic (exact) mass is 441 g/mol. The van der Waals surface area contributed by atoms with Crippen molar-refractivity contribution in [1.29, 1.82) is 0 Å². The molecule has 0 aliphatic carbocycles. The van der Waals surface area contributed by atoms with Gasteiger partial charge in [-0.25, -0.2) is 9.78 Å². The maximum absolute atomic E-state index is 12.1. The van der Waals surface area contributed by atoms with Crippen LogP contribution in [0.3, 0.4) is 0 Å². The molecule has 1 aromatic heterocycles. The van der Waals surface area contributed by atoms with Crippen LogP contribution in [0.5, 0.6) is 17.2 Å². The van der Waals surface area contributed by atoms with E-state index >= 15 is 0 Å². The van der Waals surface area contributed by atoms with E-state index in [1.54, 1.807) is 14.2 Å². The molecule has 0 N–H and O–H groups in total.